The van der Waals surface area contributed by atoms with E-state index in [4.69, 9.17) is 5.14 Å². The van der Waals surface area contributed by atoms with E-state index in [1.54, 1.807) is 0 Å². The van der Waals surface area contributed by atoms with Gasteiger partial charge in [-0.3, -0.25) is 5.14 Å². The van der Waals surface area contributed by atoms with Crippen LogP contribution in [0.3, 0.4) is 0 Å². The van der Waals surface area contributed by atoms with Gasteiger partial charge in [0, 0.05) is 21.2 Å². The minimum atomic E-state index is 0. The fourth-order valence-corrected chi connectivity index (χ4v) is 0. The number of rotatable bonds is 1. The molecule has 0 radical (unpaired) electrons. The molecular weight excluding hydrogens is 149 g/mol. The van der Waals surface area contributed by atoms with Gasteiger partial charge >= 0.3 is 0 Å². The Morgan fingerprint density at radius 3 is 2.00 bits per heavy atom. The maximum atomic E-state index is 4.78. The maximum absolute atomic E-state index is 4.78. The zero-order chi connectivity index (χ0) is 3.41. The minimum absolute atomic E-state index is 0. The van der Waals surface area contributed by atoms with Crippen LogP contribution in [0.1, 0.15) is 0 Å². The van der Waals surface area contributed by atoms with E-state index in [0.29, 0.717) is 0 Å². The Labute approximate surface area is 50.7 Å². The van der Waals surface area contributed by atoms with Crippen LogP contribution in [-0.4, -0.2) is 4.70 Å². The average molecular weight is 152 g/mol. The van der Waals surface area contributed by atoms with Crippen molar-refractivity contribution in [2.24, 2.45) is 5.14 Å². The van der Waals surface area contributed by atoms with Crippen molar-refractivity contribution in [3.8, 4) is 0 Å². The first-order chi connectivity index (χ1) is 1.91. The third kappa shape index (κ3) is 11.4. The second kappa shape index (κ2) is 8.86. The van der Waals surface area contributed by atoms with Gasteiger partial charge in [0.15, 0.2) is 0 Å². The Morgan fingerprint density at radius 2 is 2.00 bits per heavy atom. The summed E-state index contributed by atoms with van der Waals surface area (Å²) in [4.78, 5) is 0. The molecule has 5 heavy (non-hydrogen) atoms. The second-order valence-corrected chi connectivity index (χ2v) is 1.27. The standard InChI is InChI=1S/CH3NS2.Ni/c2-4-1-3;/h1H,2H2;. The largest absolute Gasteiger partial charge is 0.273 e. The van der Waals surface area contributed by atoms with Crippen LogP contribution in [0.2, 0.25) is 0 Å². The van der Waals surface area contributed by atoms with E-state index < -0.39 is 0 Å². The van der Waals surface area contributed by atoms with E-state index in [9.17, 15) is 0 Å². The zero-order valence-electron chi connectivity index (χ0n) is 2.29. The molecule has 0 aliphatic heterocycles. The van der Waals surface area contributed by atoms with Crippen molar-refractivity contribution in [3.63, 3.8) is 0 Å². The Bertz CT molecular complexity index is 23.6. The Balaban J connectivity index is 0. The van der Waals surface area contributed by atoms with E-state index in [-0.39, 0.29) is 16.5 Å². The Morgan fingerprint density at radius 1 is 1.80 bits per heavy atom. The van der Waals surface area contributed by atoms with Gasteiger partial charge < -0.3 is 0 Å². The molecule has 0 bridgehead atoms. The SMILES string of the molecule is NSC=S.[Ni]. The van der Waals surface area contributed by atoms with Crippen LogP contribution < -0.4 is 5.14 Å². The first-order valence-electron chi connectivity index (χ1n) is 0.707. The van der Waals surface area contributed by atoms with Gasteiger partial charge in [0.25, 0.3) is 0 Å². The summed E-state index contributed by atoms with van der Waals surface area (Å²) < 4.78 is 1.40. The molecular formula is CH3NNiS2. The molecule has 0 heterocycles. The molecule has 4 heteroatoms. The van der Waals surface area contributed by atoms with Crippen molar-refractivity contribution in [2.45, 2.75) is 0 Å². The van der Waals surface area contributed by atoms with Gasteiger partial charge in [0.2, 0.25) is 0 Å². The maximum Gasteiger partial charge on any atom is 0.0495 e. The molecule has 0 rings (SSSR count). The van der Waals surface area contributed by atoms with Crippen LogP contribution in [-0.2, 0) is 16.5 Å². The quantitative estimate of drug-likeness (QED) is 0.337. The monoisotopic (exact) mass is 151 g/mol. The molecule has 0 aromatic carbocycles. The molecule has 0 aromatic heterocycles. The average Bonchev–Trinajstić information content (AvgIpc) is 1.37. The van der Waals surface area contributed by atoms with Crippen LogP contribution in [0.25, 0.3) is 0 Å². The molecule has 0 aliphatic carbocycles. The molecule has 0 aromatic rings. The molecule has 0 amide bonds. The predicted molar refractivity (Wildman–Crippen MR) is 25.4 cm³/mol. The predicted octanol–water partition coefficient (Wildman–Crippen LogP) is 0.548. The summed E-state index contributed by atoms with van der Waals surface area (Å²) in [5.41, 5.74) is 0. The number of hydrogen-bond acceptors (Lipinski definition) is 3. The summed E-state index contributed by atoms with van der Waals surface area (Å²) in [6.07, 6.45) is 0. The van der Waals surface area contributed by atoms with Crippen LogP contribution in [0.15, 0.2) is 0 Å². The summed E-state index contributed by atoms with van der Waals surface area (Å²) in [7, 11) is 0. The molecule has 2 N–H and O–H groups in total. The van der Waals surface area contributed by atoms with Gasteiger partial charge in [-0.15, -0.1) is 0 Å². The topological polar surface area (TPSA) is 26.0 Å². The van der Waals surface area contributed by atoms with E-state index in [1.165, 1.54) is 4.70 Å². The van der Waals surface area contributed by atoms with E-state index in [0.717, 1.165) is 11.9 Å². The third-order valence-corrected chi connectivity index (χ3v) is 0.500. The molecule has 1 nitrogen and oxygen atoms in total. The molecule has 0 aliphatic rings. The Hall–Kier alpha value is 0.894. The van der Waals surface area contributed by atoms with Gasteiger partial charge in [-0.05, 0) is 11.9 Å². The van der Waals surface area contributed by atoms with Crippen molar-refractivity contribution >= 4 is 28.9 Å². The second-order valence-electron chi connectivity index (χ2n) is 0.232. The van der Waals surface area contributed by atoms with Crippen LogP contribution >= 0.6 is 24.2 Å². The number of thiocarbonyl (C=S) groups is 1. The van der Waals surface area contributed by atoms with E-state index in [1.807, 2.05) is 0 Å². The van der Waals surface area contributed by atoms with Gasteiger partial charge in [-0.2, -0.15) is 0 Å². The summed E-state index contributed by atoms with van der Waals surface area (Å²) in [5, 5.41) is 4.78. The first-order valence-corrected chi connectivity index (χ1v) is 2.12. The number of hydrogen-bond donors (Lipinski definition) is 1. The van der Waals surface area contributed by atoms with Crippen molar-refractivity contribution in [2.75, 3.05) is 0 Å². The molecule has 0 fully saturated rings. The van der Waals surface area contributed by atoms with Gasteiger partial charge in [-0.1, -0.05) is 12.2 Å². The third-order valence-electron chi connectivity index (χ3n) is 0.0556. The first kappa shape index (κ1) is 9.31. The summed E-state index contributed by atoms with van der Waals surface area (Å²) in [6, 6.07) is 0. The molecule has 0 saturated heterocycles. The fourth-order valence-electron chi connectivity index (χ4n) is 0. The van der Waals surface area contributed by atoms with Gasteiger partial charge in [0.05, 0.1) is 0 Å². The smallest absolute Gasteiger partial charge is 0.0495 e. The van der Waals surface area contributed by atoms with Crippen LogP contribution in [0, 0.1) is 0 Å². The number of nitrogens with two attached hydrogens (primary N) is 1. The molecule has 0 spiro atoms. The molecule has 0 atom stereocenters. The zero-order valence-corrected chi connectivity index (χ0v) is 4.91. The fraction of sp³-hybridized carbons (Fsp3) is 0. The summed E-state index contributed by atoms with van der Waals surface area (Å²) in [6.45, 7) is 0. The van der Waals surface area contributed by atoms with Crippen molar-refractivity contribution in [3.05, 3.63) is 0 Å². The summed E-state index contributed by atoms with van der Waals surface area (Å²) >= 11 is 5.31. The molecule has 0 unspecified atom stereocenters. The minimum Gasteiger partial charge on any atom is -0.273 e. The van der Waals surface area contributed by atoms with E-state index in [2.05, 4.69) is 12.2 Å². The van der Waals surface area contributed by atoms with Crippen molar-refractivity contribution in [1.82, 2.24) is 0 Å². The van der Waals surface area contributed by atoms with Crippen LogP contribution in [0.4, 0.5) is 0 Å². The summed E-state index contributed by atoms with van der Waals surface area (Å²) in [5.74, 6) is 0. The van der Waals surface area contributed by atoms with Crippen molar-refractivity contribution in [1.29, 1.82) is 0 Å². The normalized spacial score (nSPS) is 5.00. The van der Waals surface area contributed by atoms with Gasteiger partial charge in [0.1, 0.15) is 0 Å². The van der Waals surface area contributed by atoms with Crippen LogP contribution in [0.5, 0.6) is 0 Å². The molecule has 0 saturated carbocycles. The molecule has 34 valence electrons. The van der Waals surface area contributed by atoms with Crippen molar-refractivity contribution < 1.29 is 16.5 Å². The Kier molecular flexibility index (Phi) is 16.5. The van der Waals surface area contributed by atoms with E-state index >= 15 is 0 Å². The van der Waals surface area contributed by atoms with Gasteiger partial charge in [-0.25, -0.2) is 0 Å².